The third kappa shape index (κ3) is 30.6. The first-order valence-corrected chi connectivity index (χ1v) is 24.0. The Kier molecular flexibility index (Phi) is 37.2. The van der Waals surface area contributed by atoms with Crippen LogP contribution in [0.2, 0.25) is 0 Å². The number of aliphatic hydroxyl groups excluding tert-OH is 5. The van der Waals surface area contributed by atoms with Gasteiger partial charge in [-0.05, 0) is 57.8 Å². The number of carbonyl (C=O) groups is 1. The molecule has 0 aromatic rings. The highest BCUT2D eigenvalue weighted by Crippen LogP contribution is 2.22. The predicted molar refractivity (Wildman–Crippen MR) is 244 cm³/mol. The quantitative estimate of drug-likeness (QED) is 0.0265. The van der Waals surface area contributed by atoms with Crippen LogP contribution in [-0.2, 0) is 14.3 Å². The topological polar surface area (TPSA) is 149 Å². The van der Waals surface area contributed by atoms with Crippen LogP contribution in [0.3, 0.4) is 0 Å². The molecule has 0 spiro atoms. The minimum Gasteiger partial charge on any atom is -0.394 e. The van der Waals surface area contributed by atoms with Crippen LogP contribution in [0, 0.1) is 0 Å². The SMILES string of the molecule is CC/C=C\C/C=C\C/C=C\C/C=C\CCCCCCCCCCCCC(=O)NC(COC1OC(CO)C(O)C(O)C1O)C(O)/C=C/CCCCCCCCCCCCC. The number of amides is 1. The van der Waals surface area contributed by atoms with E-state index in [1.807, 2.05) is 6.08 Å². The molecule has 0 aromatic heterocycles. The van der Waals surface area contributed by atoms with Crippen molar-refractivity contribution in [2.24, 2.45) is 0 Å². The number of hydrogen-bond donors (Lipinski definition) is 6. The van der Waals surface area contributed by atoms with E-state index < -0.39 is 49.5 Å². The molecule has 9 heteroatoms. The number of aliphatic hydroxyl groups is 5. The molecule has 6 N–H and O–H groups in total. The Morgan fingerprint density at radius 1 is 0.593 bits per heavy atom. The van der Waals surface area contributed by atoms with Crippen LogP contribution in [0.15, 0.2) is 60.8 Å². The van der Waals surface area contributed by atoms with E-state index in [1.165, 1.54) is 103 Å². The minimum atomic E-state index is -1.57. The second-order valence-electron chi connectivity index (χ2n) is 16.5. The van der Waals surface area contributed by atoms with Gasteiger partial charge in [-0.3, -0.25) is 4.79 Å². The summed E-state index contributed by atoms with van der Waals surface area (Å²) < 4.78 is 11.2. The third-order valence-electron chi connectivity index (χ3n) is 11.1. The first kappa shape index (κ1) is 54.9. The van der Waals surface area contributed by atoms with Gasteiger partial charge in [0.15, 0.2) is 6.29 Å². The summed E-state index contributed by atoms with van der Waals surface area (Å²) >= 11 is 0. The minimum absolute atomic E-state index is 0.185. The molecular formula is C50H89NO8. The monoisotopic (exact) mass is 832 g/mol. The number of ether oxygens (including phenoxy) is 2. The van der Waals surface area contributed by atoms with Crippen molar-refractivity contribution in [2.45, 2.75) is 236 Å². The van der Waals surface area contributed by atoms with E-state index in [4.69, 9.17) is 9.47 Å². The third-order valence-corrected chi connectivity index (χ3v) is 11.1. The van der Waals surface area contributed by atoms with E-state index >= 15 is 0 Å². The van der Waals surface area contributed by atoms with Gasteiger partial charge >= 0.3 is 0 Å². The Morgan fingerprint density at radius 2 is 1.05 bits per heavy atom. The summed E-state index contributed by atoms with van der Waals surface area (Å²) in [5.74, 6) is -0.185. The molecule has 7 unspecified atom stereocenters. The van der Waals surface area contributed by atoms with Crippen LogP contribution in [0.5, 0.6) is 0 Å². The van der Waals surface area contributed by atoms with Crippen molar-refractivity contribution in [2.75, 3.05) is 13.2 Å². The lowest BCUT2D eigenvalue weighted by Crippen LogP contribution is -2.60. The summed E-state index contributed by atoms with van der Waals surface area (Å²) in [6, 6.07) is -0.808. The lowest BCUT2D eigenvalue weighted by atomic mass is 9.99. The van der Waals surface area contributed by atoms with Crippen molar-refractivity contribution in [3.05, 3.63) is 60.8 Å². The van der Waals surface area contributed by atoms with Gasteiger partial charge in [-0.25, -0.2) is 0 Å². The molecule has 1 heterocycles. The molecule has 1 rings (SSSR count). The van der Waals surface area contributed by atoms with Gasteiger partial charge in [-0.2, -0.15) is 0 Å². The van der Waals surface area contributed by atoms with Crippen molar-refractivity contribution in [1.82, 2.24) is 5.32 Å². The van der Waals surface area contributed by atoms with Gasteiger partial charge in [-0.1, -0.05) is 190 Å². The fourth-order valence-electron chi connectivity index (χ4n) is 7.26. The largest absolute Gasteiger partial charge is 0.394 e. The molecule has 1 saturated heterocycles. The number of unbranched alkanes of at least 4 members (excludes halogenated alkanes) is 21. The molecule has 59 heavy (non-hydrogen) atoms. The van der Waals surface area contributed by atoms with Crippen molar-refractivity contribution in [3.63, 3.8) is 0 Å². The van der Waals surface area contributed by atoms with Crippen LogP contribution in [-0.4, -0.2) is 87.5 Å². The summed E-state index contributed by atoms with van der Waals surface area (Å²) in [4.78, 5) is 13.0. The summed E-state index contributed by atoms with van der Waals surface area (Å²) in [6.45, 7) is 3.65. The van der Waals surface area contributed by atoms with Gasteiger partial charge in [0.2, 0.25) is 5.91 Å². The standard InChI is InChI=1S/C50H89NO8/c1-3-5-7-9-11-13-15-17-18-19-20-21-22-23-24-25-26-28-30-32-34-36-38-40-46(54)51-43(42-58-50-49(57)48(56)47(55)45(41-52)59-50)44(53)39-37-35-33-31-29-27-16-14-12-10-8-6-4-2/h5,7,11,13,17-18,20-21,37,39,43-45,47-50,52-53,55-57H,3-4,6,8-10,12,14-16,19,22-36,38,40-42H2,1-2H3,(H,51,54)/b7-5-,13-11-,18-17-,21-20-,39-37+. The van der Waals surface area contributed by atoms with E-state index in [0.29, 0.717) is 6.42 Å². The maximum atomic E-state index is 13.0. The zero-order chi connectivity index (χ0) is 43.0. The molecule has 7 atom stereocenters. The van der Waals surface area contributed by atoms with Crippen LogP contribution in [0.4, 0.5) is 0 Å². The second kappa shape index (κ2) is 40.0. The van der Waals surface area contributed by atoms with Crippen LogP contribution >= 0.6 is 0 Å². The highest BCUT2D eigenvalue weighted by atomic mass is 16.7. The second-order valence-corrected chi connectivity index (χ2v) is 16.5. The average molecular weight is 832 g/mol. The number of nitrogens with one attached hydrogen (secondary N) is 1. The molecule has 0 radical (unpaired) electrons. The first-order chi connectivity index (χ1) is 28.8. The van der Waals surface area contributed by atoms with Gasteiger partial charge in [0, 0.05) is 6.42 Å². The van der Waals surface area contributed by atoms with Crippen molar-refractivity contribution in [1.29, 1.82) is 0 Å². The Hall–Kier alpha value is -2.11. The van der Waals surface area contributed by atoms with Gasteiger partial charge in [-0.15, -0.1) is 0 Å². The Bertz CT molecular complexity index is 1100. The molecule has 0 saturated carbocycles. The highest BCUT2D eigenvalue weighted by Gasteiger charge is 2.44. The molecule has 342 valence electrons. The van der Waals surface area contributed by atoms with Gasteiger partial charge in [0.25, 0.3) is 0 Å². The maximum Gasteiger partial charge on any atom is 0.220 e. The Morgan fingerprint density at radius 3 is 1.56 bits per heavy atom. The molecule has 0 aliphatic carbocycles. The zero-order valence-electron chi connectivity index (χ0n) is 37.5. The van der Waals surface area contributed by atoms with E-state index in [2.05, 4.69) is 67.8 Å². The summed E-state index contributed by atoms with van der Waals surface area (Å²) in [7, 11) is 0. The molecule has 1 fully saturated rings. The first-order valence-electron chi connectivity index (χ1n) is 24.0. The van der Waals surface area contributed by atoms with E-state index in [-0.39, 0.29) is 12.5 Å². The number of hydrogen-bond acceptors (Lipinski definition) is 8. The fraction of sp³-hybridized carbons (Fsp3) is 0.780. The Labute approximate surface area is 360 Å². The number of carbonyl (C=O) groups excluding carboxylic acids is 1. The van der Waals surface area contributed by atoms with Crippen molar-refractivity contribution >= 4 is 5.91 Å². The highest BCUT2D eigenvalue weighted by molar-refractivity contribution is 5.76. The van der Waals surface area contributed by atoms with Crippen LogP contribution < -0.4 is 5.32 Å². The molecule has 1 aliphatic rings. The van der Waals surface area contributed by atoms with Gasteiger partial charge in [0.1, 0.15) is 24.4 Å². The molecule has 0 aromatic carbocycles. The van der Waals surface area contributed by atoms with E-state index in [9.17, 15) is 30.3 Å². The van der Waals surface area contributed by atoms with Gasteiger partial charge < -0.3 is 40.3 Å². The number of rotatable bonds is 39. The molecule has 9 nitrogen and oxygen atoms in total. The summed E-state index contributed by atoms with van der Waals surface area (Å²) in [5, 5.41) is 54.2. The van der Waals surface area contributed by atoms with E-state index in [0.717, 1.165) is 70.6 Å². The van der Waals surface area contributed by atoms with E-state index in [1.54, 1.807) is 6.08 Å². The molecule has 0 bridgehead atoms. The smallest absolute Gasteiger partial charge is 0.220 e. The maximum absolute atomic E-state index is 13.0. The lowest BCUT2D eigenvalue weighted by Gasteiger charge is -2.40. The fourth-order valence-corrected chi connectivity index (χ4v) is 7.26. The summed E-state index contributed by atoms with van der Waals surface area (Å²) in [5.41, 5.74) is 0. The normalized spacial score (nSPS) is 21.2. The molecular weight excluding hydrogens is 743 g/mol. The van der Waals surface area contributed by atoms with Crippen molar-refractivity contribution < 1.29 is 39.8 Å². The summed E-state index contributed by atoms with van der Waals surface area (Å²) in [6.07, 6.45) is 45.5. The van der Waals surface area contributed by atoms with Crippen LogP contribution in [0.25, 0.3) is 0 Å². The Balaban J connectivity index is 2.30. The van der Waals surface area contributed by atoms with Crippen LogP contribution in [0.1, 0.15) is 194 Å². The molecule has 1 aliphatic heterocycles. The van der Waals surface area contributed by atoms with Gasteiger partial charge in [0.05, 0.1) is 25.4 Å². The zero-order valence-corrected chi connectivity index (χ0v) is 37.5. The lowest BCUT2D eigenvalue weighted by molar-refractivity contribution is -0.302. The predicted octanol–water partition coefficient (Wildman–Crippen LogP) is 10.4. The number of allylic oxidation sites excluding steroid dienone is 9. The average Bonchev–Trinajstić information content (AvgIpc) is 3.23. The van der Waals surface area contributed by atoms with Crippen molar-refractivity contribution in [3.8, 4) is 0 Å². The molecule has 1 amide bonds.